The van der Waals surface area contributed by atoms with Gasteiger partial charge in [-0.1, -0.05) is 25.1 Å². The minimum Gasteiger partial charge on any atom is -0.480 e. The number of amides is 1. The number of carbonyl (C=O) groups excluding carboxylic acids is 1. The van der Waals surface area contributed by atoms with E-state index in [1.165, 1.54) is 0 Å². The summed E-state index contributed by atoms with van der Waals surface area (Å²) in [5, 5.41) is 3.46. The Labute approximate surface area is 120 Å². The highest BCUT2D eigenvalue weighted by Gasteiger charge is 2.33. The molecular weight excluding hydrogens is 252 g/mol. The highest BCUT2D eigenvalue weighted by atomic mass is 16.5. The van der Waals surface area contributed by atoms with Gasteiger partial charge in [-0.3, -0.25) is 4.79 Å². The second-order valence-electron chi connectivity index (χ2n) is 5.58. The van der Waals surface area contributed by atoms with Crippen molar-refractivity contribution in [2.45, 2.75) is 38.3 Å². The van der Waals surface area contributed by atoms with Gasteiger partial charge in [-0.25, -0.2) is 0 Å². The van der Waals surface area contributed by atoms with Crippen molar-refractivity contribution in [2.75, 3.05) is 19.6 Å². The first-order chi connectivity index (χ1) is 9.78. The number of hydrogen-bond acceptors (Lipinski definition) is 3. The molecule has 0 aromatic heterocycles. The first-order valence-electron chi connectivity index (χ1n) is 7.54. The Kier molecular flexibility index (Phi) is 3.92. The molecule has 0 spiro atoms. The Balaban J connectivity index is 1.56. The van der Waals surface area contributed by atoms with Gasteiger partial charge in [0.15, 0.2) is 6.10 Å². The van der Waals surface area contributed by atoms with Crippen molar-refractivity contribution >= 4 is 5.91 Å². The Hall–Kier alpha value is -1.55. The van der Waals surface area contributed by atoms with Crippen LogP contribution in [0.15, 0.2) is 24.3 Å². The molecule has 20 heavy (non-hydrogen) atoms. The predicted molar refractivity (Wildman–Crippen MR) is 77.8 cm³/mol. The lowest BCUT2D eigenvalue weighted by Gasteiger charge is -2.33. The van der Waals surface area contributed by atoms with Crippen molar-refractivity contribution in [3.05, 3.63) is 29.8 Å². The van der Waals surface area contributed by atoms with Gasteiger partial charge in [0.1, 0.15) is 5.75 Å². The van der Waals surface area contributed by atoms with Crippen molar-refractivity contribution in [1.29, 1.82) is 0 Å². The normalized spacial score (nSPS) is 22.4. The molecule has 1 aromatic carbocycles. The van der Waals surface area contributed by atoms with Gasteiger partial charge in [0.05, 0.1) is 0 Å². The average Bonchev–Trinajstić information content (AvgIpc) is 2.91. The molecule has 1 unspecified atom stereocenters. The fraction of sp³-hybridized carbons (Fsp3) is 0.562. The van der Waals surface area contributed by atoms with E-state index in [4.69, 9.17) is 4.74 Å². The number of ether oxygens (including phenoxy) is 1. The molecule has 4 nitrogen and oxygen atoms in total. The van der Waals surface area contributed by atoms with Crippen LogP contribution >= 0.6 is 0 Å². The van der Waals surface area contributed by atoms with Crippen molar-refractivity contribution in [2.24, 2.45) is 0 Å². The topological polar surface area (TPSA) is 41.6 Å². The summed E-state index contributed by atoms with van der Waals surface area (Å²) in [6, 6.07) is 8.50. The van der Waals surface area contributed by atoms with Gasteiger partial charge >= 0.3 is 0 Å². The molecule has 1 aromatic rings. The van der Waals surface area contributed by atoms with Crippen molar-refractivity contribution in [3.8, 4) is 5.75 Å². The summed E-state index contributed by atoms with van der Waals surface area (Å²) in [6.45, 7) is 4.81. The first kappa shape index (κ1) is 13.4. The maximum absolute atomic E-state index is 12.5. The molecule has 0 radical (unpaired) electrons. The number of carbonyl (C=O) groups is 1. The third-order valence-electron chi connectivity index (χ3n) is 4.22. The van der Waals surface area contributed by atoms with Crippen LogP contribution in [0.4, 0.5) is 0 Å². The van der Waals surface area contributed by atoms with Gasteiger partial charge in [0.2, 0.25) is 0 Å². The first-order valence-corrected chi connectivity index (χ1v) is 7.54. The highest BCUT2D eigenvalue weighted by molar-refractivity contribution is 5.82. The van der Waals surface area contributed by atoms with Crippen LogP contribution in [-0.4, -0.2) is 42.6 Å². The third-order valence-corrected chi connectivity index (χ3v) is 4.22. The quantitative estimate of drug-likeness (QED) is 0.910. The summed E-state index contributed by atoms with van der Waals surface area (Å²) in [7, 11) is 0. The highest BCUT2D eigenvalue weighted by Crippen LogP contribution is 2.29. The molecule has 4 heteroatoms. The summed E-state index contributed by atoms with van der Waals surface area (Å²) in [4.78, 5) is 14.5. The smallest absolute Gasteiger partial charge is 0.263 e. The second kappa shape index (κ2) is 5.83. The molecule has 2 aliphatic rings. The zero-order chi connectivity index (χ0) is 13.9. The number of fused-ring (bicyclic) bond motifs is 1. The molecule has 0 saturated carbocycles. The van der Waals surface area contributed by atoms with E-state index < -0.39 is 0 Å². The van der Waals surface area contributed by atoms with E-state index in [0.717, 1.165) is 43.8 Å². The molecule has 1 N–H and O–H groups in total. The molecule has 3 rings (SSSR count). The van der Waals surface area contributed by atoms with E-state index in [0.29, 0.717) is 12.5 Å². The van der Waals surface area contributed by atoms with Crippen LogP contribution < -0.4 is 10.1 Å². The van der Waals surface area contributed by atoms with E-state index in [1.54, 1.807) is 0 Å². The second-order valence-corrected chi connectivity index (χ2v) is 5.58. The third kappa shape index (κ3) is 2.66. The van der Waals surface area contributed by atoms with Crippen LogP contribution in [-0.2, 0) is 11.2 Å². The summed E-state index contributed by atoms with van der Waals surface area (Å²) in [6.07, 6.45) is 2.48. The summed E-state index contributed by atoms with van der Waals surface area (Å²) < 4.78 is 5.79. The zero-order valence-corrected chi connectivity index (χ0v) is 12.0. The van der Waals surface area contributed by atoms with Crippen molar-refractivity contribution in [1.82, 2.24) is 10.2 Å². The van der Waals surface area contributed by atoms with Gasteiger partial charge < -0.3 is 15.0 Å². The molecule has 108 valence electrons. The van der Waals surface area contributed by atoms with Crippen molar-refractivity contribution in [3.63, 3.8) is 0 Å². The standard InChI is InChI=1S/C16H22N2O2/c1-2-17-13-7-9-18(10-8-13)16(19)15-11-12-5-3-4-6-14(12)20-15/h3-6,13,15,17H,2,7-11H2,1H3. The SMILES string of the molecule is CCNC1CCN(C(=O)C2Cc3ccccc3O2)CC1. The molecule has 2 aliphatic heterocycles. The van der Waals surface area contributed by atoms with Crippen LogP contribution in [0.2, 0.25) is 0 Å². The van der Waals surface area contributed by atoms with E-state index in [-0.39, 0.29) is 12.0 Å². The lowest BCUT2D eigenvalue weighted by Crippen LogP contribution is -2.49. The number of hydrogen-bond donors (Lipinski definition) is 1. The number of para-hydroxylation sites is 1. The zero-order valence-electron chi connectivity index (χ0n) is 12.0. The monoisotopic (exact) mass is 274 g/mol. The number of likely N-dealkylation sites (tertiary alicyclic amines) is 1. The Morgan fingerprint density at radius 3 is 2.80 bits per heavy atom. The Bertz CT molecular complexity index is 456. The molecule has 2 heterocycles. The number of piperidine rings is 1. The van der Waals surface area contributed by atoms with Crippen LogP contribution in [0.3, 0.4) is 0 Å². The van der Waals surface area contributed by atoms with Crippen LogP contribution in [0.1, 0.15) is 25.3 Å². The molecule has 0 aliphatic carbocycles. The molecular formula is C16H22N2O2. The molecule has 0 bridgehead atoms. The number of rotatable bonds is 3. The summed E-state index contributed by atoms with van der Waals surface area (Å²) in [5.41, 5.74) is 1.15. The fourth-order valence-electron chi connectivity index (χ4n) is 3.12. The van der Waals surface area contributed by atoms with Crippen LogP contribution in [0.25, 0.3) is 0 Å². The molecule has 1 amide bonds. The minimum atomic E-state index is -0.317. The lowest BCUT2D eigenvalue weighted by molar-refractivity contribution is -0.139. The van der Waals surface area contributed by atoms with E-state index in [2.05, 4.69) is 12.2 Å². The lowest BCUT2D eigenvalue weighted by atomic mass is 10.0. The largest absolute Gasteiger partial charge is 0.480 e. The van der Waals surface area contributed by atoms with Gasteiger partial charge in [-0.2, -0.15) is 0 Å². The number of nitrogens with zero attached hydrogens (tertiary/aromatic N) is 1. The molecule has 1 saturated heterocycles. The summed E-state index contributed by atoms with van der Waals surface area (Å²) in [5.74, 6) is 1.02. The van der Waals surface area contributed by atoms with E-state index in [1.807, 2.05) is 29.2 Å². The minimum absolute atomic E-state index is 0.149. The van der Waals surface area contributed by atoms with Gasteiger partial charge in [-0.15, -0.1) is 0 Å². The maximum Gasteiger partial charge on any atom is 0.263 e. The van der Waals surface area contributed by atoms with Crippen LogP contribution in [0.5, 0.6) is 5.75 Å². The van der Waals surface area contributed by atoms with Crippen molar-refractivity contribution < 1.29 is 9.53 Å². The Morgan fingerprint density at radius 1 is 1.35 bits per heavy atom. The van der Waals surface area contributed by atoms with Gasteiger partial charge in [0, 0.05) is 25.6 Å². The van der Waals surface area contributed by atoms with E-state index >= 15 is 0 Å². The Morgan fingerprint density at radius 2 is 2.10 bits per heavy atom. The number of nitrogens with one attached hydrogen (secondary N) is 1. The average molecular weight is 274 g/mol. The number of benzene rings is 1. The predicted octanol–water partition coefficient (Wildman–Crippen LogP) is 1.59. The van der Waals surface area contributed by atoms with Gasteiger partial charge in [0.25, 0.3) is 5.91 Å². The maximum atomic E-state index is 12.5. The van der Waals surface area contributed by atoms with Gasteiger partial charge in [-0.05, 0) is 31.0 Å². The summed E-state index contributed by atoms with van der Waals surface area (Å²) >= 11 is 0. The molecule has 1 atom stereocenters. The van der Waals surface area contributed by atoms with E-state index in [9.17, 15) is 4.79 Å². The fourth-order valence-corrected chi connectivity index (χ4v) is 3.12. The van der Waals surface area contributed by atoms with Crippen LogP contribution in [0, 0.1) is 0 Å². The molecule has 1 fully saturated rings.